The number of rotatable bonds is 4. The van der Waals surface area contributed by atoms with Crippen molar-refractivity contribution in [1.82, 2.24) is 0 Å². The van der Waals surface area contributed by atoms with Gasteiger partial charge in [0.25, 0.3) is 0 Å². The second kappa shape index (κ2) is 4.91. The minimum atomic E-state index is -1.79. The molecule has 0 saturated heterocycles. The summed E-state index contributed by atoms with van der Waals surface area (Å²) in [6.45, 7) is 11.4. The monoisotopic (exact) mass is 280 g/mol. The van der Waals surface area contributed by atoms with Gasteiger partial charge in [0.2, 0.25) is 0 Å². The van der Waals surface area contributed by atoms with Gasteiger partial charge in [0.15, 0.2) is 13.7 Å². The van der Waals surface area contributed by atoms with Gasteiger partial charge in [-0.1, -0.05) is 20.8 Å². The second-order valence-corrected chi connectivity index (χ2v) is 11.8. The normalized spacial score (nSPS) is 16.7. The molecule has 3 nitrogen and oxygen atoms in total. The fraction of sp³-hybridized carbons (Fsp3) is 0.667. The molecular weight excluding hydrogens is 256 g/mol. The zero-order valence-corrected chi connectivity index (χ0v) is 13.6. The molecule has 0 amide bonds. The molecule has 4 heteroatoms. The van der Waals surface area contributed by atoms with Gasteiger partial charge in [-0.2, -0.15) is 0 Å². The summed E-state index contributed by atoms with van der Waals surface area (Å²) < 4.78 is 11.6. The van der Waals surface area contributed by atoms with Crippen LogP contribution in [-0.4, -0.2) is 8.32 Å². The molecule has 0 spiro atoms. The minimum absolute atomic E-state index is 0.0996. The maximum atomic E-state index is 11.9. The van der Waals surface area contributed by atoms with Gasteiger partial charge >= 0.3 is 0 Å². The van der Waals surface area contributed by atoms with Crippen LogP contribution in [0.3, 0.4) is 0 Å². The molecule has 1 aliphatic rings. The van der Waals surface area contributed by atoms with Crippen LogP contribution >= 0.6 is 0 Å². The highest BCUT2D eigenvalue weighted by molar-refractivity contribution is 6.74. The molecule has 1 aromatic heterocycles. The van der Waals surface area contributed by atoms with E-state index < -0.39 is 8.32 Å². The average Bonchev–Trinajstić information content (AvgIpc) is 3.09. The lowest BCUT2D eigenvalue weighted by Gasteiger charge is -2.35. The van der Waals surface area contributed by atoms with Crippen molar-refractivity contribution in [3.8, 4) is 0 Å². The molecule has 0 atom stereocenters. The van der Waals surface area contributed by atoms with Gasteiger partial charge in [0.1, 0.15) is 5.76 Å². The molecule has 1 aliphatic carbocycles. The maximum Gasteiger partial charge on any atom is 0.192 e. The van der Waals surface area contributed by atoms with Gasteiger partial charge in [-0.25, -0.2) is 0 Å². The standard InChI is InChI=1S/C15H24O3Si/c1-15(2,3)19(4,5)18-9-12-8-14(16)13(10-17-12)11-6-7-11/h8,10-11H,6-7,9H2,1-5H3. The van der Waals surface area contributed by atoms with Crippen LogP contribution in [-0.2, 0) is 11.0 Å². The average molecular weight is 280 g/mol. The first-order valence-electron chi connectivity index (χ1n) is 6.96. The molecule has 1 heterocycles. The molecule has 0 aliphatic heterocycles. The lowest BCUT2D eigenvalue weighted by molar-refractivity contribution is 0.242. The van der Waals surface area contributed by atoms with Gasteiger partial charge in [0, 0.05) is 11.6 Å². The zero-order chi connectivity index (χ0) is 14.3. The molecule has 0 radical (unpaired) electrons. The van der Waals surface area contributed by atoms with Crippen molar-refractivity contribution in [1.29, 1.82) is 0 Å². The summed E-state index contributed by atoms with van der Waals surface area (Å²) in [4.78, 5) is 11.9. The van der Waals surface area contributed by atoms with Crippen LogP contribution in [0.1, 0.15) is 50.9 Å². The van der Waals surface area contributed by atoms with Crippen molar-refractivity contribution in [2.75, 3.05) is 0 Å². The van der Waals surface area contributed by atoms with Crippen LogP contribution < -0.4 is 5.43 Å². The van der Waals surface area contributed by atoms with Crippen molar-refractivity contribution in [2.45, 2.75) is 64.3 Å². The number of hydrogen-bond acceptors (Lipinski definition) is 3. The summed E-state index contributed by atoms with van der Waals surface area (Å²) in [6, 6.07) is 1.60. The quantitative estimate of drug-likeness (QED) is 0.781. The molecule has 106 valence electrons. The van der Waals surface area contributed by atoms with Crippen molar-refractivity contribution in [3.63, 3.8) is 0 Å². The summed E-state index contributed by atoms with van der Waals surface area (Å²) in [5.74, 6) is 1.07. The van der Waals surface area contributed by atoms with Crippen LogP contribution in [0.4, 0.5) is 0 Å². The minimum Gasteiger partial charge on any atom is -0.466 e. The summed E-state index contributed by atoms with van der Waals surface area (Å²) >= 11 is 0. The molecule has 19 heavy (non-hydrogen) atoms. The van der Waals surface area contributed by atoms with Crippen molar-refractivity contribution < 1.29 is 8.84 Å². The largest absolute Gasteiger partial charge is 0.466 e. The van der Waals surface area contributed by atoms with Crippen LogP contribution in [0, 0.1) is 0 Å². The molecule has 0 N–H and O–H groups in total. The van der Waals surface area contributed by atoms with E-state index >= 15 is 0 Å². The van der Waals surface area contributed by atoms with Crippen LogP contribution in [0.25, 0.3) is 0 Å². The fourth-order valence-electron chi connectivity index (χ4n) is 1.70. The zero-order valence-electron chi connectivity index (χ0n) is 12.6. The SMILES string of the molecule is CC(C)(C)[Si](C)(C)OCc1cc(=O)c(C2CC2)co1. The topological polar surface area (TPSA) is 39.4 Å². The first-order chi connectivity index (χ1) is 8.71. The summed E-state index contributed by atoms with van der Waals surface area (Å²) in [5.41, 5.74) is 0.929. The molecule has 0 aromatic carbocycles. The van der Waals surface area contributed by atoms with E-state index in [1.54, 1.807) is 12.3 Å². The van der Waals surface area contributed by atoms with Crippen molar-refractivity contribution in [3.05, 3.63) is 33.9 Å². The van der Waals surface area contributed by atoms with E-state index in [0.717, 1.165) is 18.4 Å². The lowest BCUT2D eigenvalue weighted by atomic mass is 10.2. The Morgan fingerprint density at radius 1 is 1.37 bits per heavy atom. The molecular formula is C15H24O3Si. The third-order valence-electron chi connectivity index (χ3n) is 4.31. The first kappa shape index (κ1) is 14.5. The van der Waals surface area contributed by atoms with Crippen LogP contribution in [0.2, 0.25) is 18.1 Å². The summed E-state index contributed by atoms with van der Waals surface area (Å²) in [7, 11) is -1.79. The molecule has 2 rings (SSSR count). The predicted octanol–water partition coefficient (Wildman–Crippen LogP) is 4.04. The first-order valence-corrected chi connectivity index (χ1v) is 9.87. The van der Waals surface area contributed by atoms with E-state index in [-0.39, 0.29) is 10.5 Å². The Labute approximate surface area is 116 Å². The van der Waals surface area contributed by atoms with Crippen LogP contribution in [0.5, 0.6) is 0 Å². The Hall–Kier alpha value is -0.873. The third-order valence-corrected chi connectivity index (χ3v) is 8.79. The van der Waals surface area contributed by atoms with E-state index in [0.29, 0.717) is 18.3 Å². The molecule has 1 aromatic rings. The Kier molecular flexibility index (Phi) is 3.75. The number of hydrogen-bond donors (Lipinski definition) is 0. The Morgan fingerprint density at radius 3 is 2.47 bits per heavy atom. The smallest absolute Gasteiger partial charge is 0.192 e. The van der Waals surface area contributed by atoms with E-state index in [2.05, 4.69) is 33.9 Å². The van der Waals surface area contributed by atoms with E-state index in [9.17, 15) is 4.79 Å². The summed E-state index contributed by atoms with van der Waals surface area (Å²) in [5, 5.41) is 0.168. The second-order valence-electron chi connectivity index (χ2n) is 6.99. The Balaban J connectivity index is 2.04. The van der Waals surface area contributed by atoms with E-state index in [1.807, 2.05) is 0 Å². The van der Waals surface area contributed by atoms with Crippen LogP contribution in [0.15, 0.2) is 21.5 Å². The van der Waals surface area contributed by atoms with E-state index in [4.69, 9.17) is 8.84 Å². The lowest BCUT2D eigenvalue weighted by Crippen LogP contribution is -2.40. The van der Waals surface area contributed by atoms with Gasteiger partial charge in [-0.15, -0.1) is 0 Å². The van der Waals surface area contributed by atoms with E-state index in [1.165, 1.54) is 0 Å². The van der Waals surface area contributed by atoms with Gasteiger partial charge in [-0.05, 0) is 36.9 Å². The summed E-state index contributed by atoms with van der Waals surface area (Å²) in [6.07, 6.45) is 3.86. The Bertz CT molecular complexity index is 507. The van der Waals surface area contributed by atoms with Crippen molar-refractivity contribution >= 4 is 8.32 Å². The fourth-order valence-corrected chi connectivity index (χ4v) is 2.63. The van der Waals surface area contributed by atoms with Crippen molar-refractivity contribution in [2.24, 2.45) is 0 Å². The molecule has 1 fully saturated rings. The third kappa shape index (κ3) is 3.36. The molecule has 0 unspecified atom stereocenters. The molecule has 0 bridgehead atoms. The van der Waals surface area contributed by atoms with Gasteiger partial charge in [-0.3, -0.25) is 4.79 Å². The Morgan fingerprint density at radius 2 is 2.00 bits per heavy atom. The molecule has 1 saturated carbocycles. The maximum absolute atomic E-state index is 11.9. The van der Waals surface area contributed by atoms with Gasteiger partial charge in [0.05, 0.1) is 12.9 Å². The predicted molar refractivity (Wildman–Crippen MR) is 78.9 cm³/mol. The highest BCUT2D eigenvalue weighted by Gasteiger charge is 2.37. The van der Waals surface area contributed by atoms with Gasteiger partial charge < -0.3 is 8.84 Å². The highest BCUT2D eigenvalue weighted by Crippen LogP contribution is 2.39. The highest BCUT2D eigenvalue weighted by atomic mass is 28.4.